The van der Waals surface area contributed by atoms with Gasteiger partial charge in [0.05, 0.1) is 6.54 Å². The minimum atomic E-state index is 0.574. The maximum atomic E-state index is 4.99. The van der Waals surface area contributed by atoms with Gasteiger partial charge in [0, 0.05) is 17.4 Å². The molecule has 144 valence electrons. The number of aromatic amines is 1. The van der Waals surface area contributed by atoms with Gasteiger partial charge in [-0.2, -0.15) is 10.3 Å². The van der Waals surface area contributed by atoms with E-state index in [0.717, 1.165) is 40.9 Å². The molecule has 0 aliphatic rings. The minimum absolute atomic E-state index is 0.574. The number of nitrogens with zero attached hydrogens (tertiary/aromatic N) is 6. The molecular formula is C21H19N7S. The molecule has 29 heavy (non-hydrogen) atoms. The third-order valence-electron chi connectivity index (χ3n) is 4.55. The molecule has 0 amide bonds. The molecule has 0 bridgehead atoms. The van der Waals surface area contributed by atoms with Crippen molar-refractivity contribution in [3.8, 4) is 22.5 Å². The molecule has 0 aliphatic heterocycles. The Morgan fingerprint density at radius 2 is 1.86 bits per heavy atom. The largest absolute Gasteiger partial charge is 0.245 e. The first kappa shape index (κ1) is 18.8. The maximum Gasteiger partial charge on any atom is 0.205 e. The molecule has 1 N–H and O–H groups in total. The number of hydrogen-bond acceptors (Lipinski definition) is 6. The number of aryl methyl sites for hydroxylation is 1. The highest BCUT2D eigenvalue weighted by molar-refractivity contribution is 7.79. The highest BCUT2D eigenvalue weighted by atomic mass is 32.1. The van der Waals surface area contributed by atoms with E-state index in [9.17, 15) is 0 Å². The lowest BCUT2D eigenvalue weighted by Crippen LogP contribution is -2.07. The second-order valence-corrected chi connectivity index (χ2v) is 6.70. The summed E-state index contributed by atoms with van der Waals surface area (Å²) in [6, 6.07) is 16.4. The van der Waals surface area contributed by atoms with Crippen molar-refractivity contribution in [2.45, 2.75) is 19.4 Å². The van der Waals surface area contributed by atoms with Crippen LogP contribution >= 0.6 is 12.2 Å². The summed E-state index contributed by atoms with van der Waals surface area (Å²) in [6.45, 7) is 4.41. The van der Waals surface area contributed by atoms with Crippen LogP contribution in [-0.2, 0) is 13.0 Å². The summed E-state index contributed by atoms with van der Waals surface area (Å²) in [6.07, 6.45) is 3.52. The van der Waals surface area contributed by atoms with E-state index in [4.69, 9.17) is 12.2 Å². The van der Waals surface area contributed by atoms with Gasteiger partial charge in [0.15, 0.2) is 5.82 Å². The van der Waals surface area contributed by atoms with Crippen LogP contribution in [0.4, 0.5) is 0 Å². The predicted molar refractivity (Wildman–Crippen MR) is 115 cm³/mol. The fraction of sp³-hybridized carbons (Fsp3) is 0.143. The van der Waals surface area contributed by atoms with Gasteiger partial charge in [-0.05, 0) is 28.3 Å². The van der Waals surface area contributed by atoms with Gasteiger partial charge in [-0.3, -0.25) is 0 Å². The molecule has 2 heterocycles. The zero-order valence-electron chi connectivity index (χ0n) is 15.7. The van der Waals surface area contributed by atoms with Gasteiger partial charge < -0.3 is 0 Å². The lowest BCUT2D eigenvalue weighted by molar-refractivity contribution is 0.635. The molecule has 2 aromatic heterocycles. The minimum Gasteiger partial charge on any atom is -0.245 e. The van der Waals surface area contributed by atoms with Crippen molar-refractivity contribution >= 4 is 17.6 Å². The van der Waals surface area contributed by atoms with Crippen LogP contribution in [0.1, 0.15) is 23.6 Å². The molecule has 0 saturated heterocycles. The van der Waals surface area contributed by atoms with Gasteiger partial charge in [0.2, 0.25) is 5.82 Å². The van der Waals surface area contributed by atoms with Crippen LogP contribution in [0, 0.1) is 0 Å². The van der Waals surface area contributed by atoms with Crippen molar-refractivity contribution in [2.75, 3.05) is 0 Å². The van der Waals surface area contributed by atoms with Crippen LogP contribution in [0.3, 0.4) is 0 Å². The second-order valence-electron chi connectivity index (χ2n) is 6.47. The summed E-state index contributed by atoms with van der Waals surface area (Å²) in [4.78, 5) is 4.49. The zero-order chi connectivity index (χ0) is 20.1. The van der Waals surface area contributed by atoms with Gasteiger partial charge in [-0.15, -0.1) is 16.8 Å². The Morgan fingerprint density at radius 1 is 1.07 bits per heavy atom. The Hall–Kier alpha value is -3.52. The lowest BCUT2D eigenvalue weighted by atomic mass is 9.98. The predicted octanol–water partition coefficient (Wildman–Crippen LogP) is 3.64. The average molecular weight is 401 g/mol. The van der Waals surface area contributed by atoms with Crippen molar-refractivity contribution in [2.24, 2.45) is 0 Å². The Bertz CT molecular complexity index is 1110. The van der Waals surface area contributed by atoms with E-state index in [0.29, 0.717) is 18.2 Å². The molecule has 0 fully saturated rings. The van der Waals surface area contributed by atoms with Crippen molar-refractivity contribution < 1.29 is 0 Å². The summed E-state index contributed by atoms with van der Waals surface area (Å²) < 4.78 is 1.91. The van der Waals surface area contributed by atoms with Crippen LogP contribution in [0.5, 0.6) is 0 Å². The van der Waals surface area contributed by atoms with Crippen molar-refractivity contribution in [3.05, 3.63) is 78.4 Å². The van der Waals surface area contributed by atoms with E-state index in [-0.39, 0.29) is 0 Å². The Labute approximate surface area is 173 Å². The SMILES string of the molecule is C=CCCc1nc(C=S)nn1Cc1ccc(-c2ccccc2-c2nn[nH]n2)cc1. The summed E-state index contributed by atoms with van der Waals surface area (Å²) in [5, 5.41) is 20.4. The maximum absolute atomic E-state index is 4.99. The first-order chi connectivity index (χ1) is 14.3. The van der Waals surface area contributed by atoms with Crippen LogP contribution in [0.2, 0.25) is 0 Å². The molecule has 0 radical (unpaired) electrons. The topological polar surface area (TPSA) is 85.2 Å². The number of allylic oxidation sites excluding steroid dienone is 1. The molecule has 7 nitrogen and oxygen atoms in total. The zero-order valence-corrected chi connectivity index (χ0v) is 16.5. The number of thiocarbonyl (C=S) groups is 1. The first-order valence-electron chi connectivity index (χ1n) is 9.20. The molecular weight excluding hydrogens is 382 g/mol. The summed E-state index contributed by atoms with van der Waals surface area (Å²) in [5.74, 6) is 2.06. The molecule has 8 heteroatoms. The van der Waals surface area contributed by atoms with Crippen molar-refractivity contribution in [1.82, 2.24) is 35.4 Å². The van der Waals surface area contributed by atoms with Gasteiger partial charge in [-0.25, -0.2) is 9.67 Å². The van der Waals surface area contributed by atoms with Gasteiger partial charge in [-0.1, -0.05) is 66.8 Å². The smallest absolute Gasteiger partial charge is 0.205 e. The van der Waals surface area contributed by atoms with E-state index < -0.39 is 0 Å². The van der Waals surface area contributed by atoms with E-state index >= 15 is 0 Å². The molecule has 0 spiro atoms. The molecule has 4 aromatic rings. The van der Waals surface area contributed by atoms with E-state index in [1.165, 1.54) is 5.37 Å². The van der Waals surface area contributed by atoms with Crippen molar-refractivity contribution in [1.29, 1.82) is 0 Å². The number of hydrogen-bond donors (Lipinski definition) is 1. The van der Waals surface area contributed by atoms with Crippen LogP contribution in [0.15, 0.2) is 61.2 Å². The highest BCUT2D eigenvalue weighted by Crippen LogP contribution is 2.29. The van der Waals surface area contributed by atoms with E-state index in [1.807, 2.05) is 29.0 Å². The number of H-pyrrole nitrogens is 1. The number of benzene rings is 2. The van der Waals surface area contributed by atoms with Gasteiger partial charge in [0.1, 0.15) is 5.82 Å². The average Bonchev–Trinajstić information content (AvgIpc) is 3.43. The number of aromatic nitrogens is 7. The molecule has 2 aromatic carbocycles. The standard InChI is InChI=1S/C21H19N7S/c1-2-3-8-20-22-19(14-29)25-28(20)13-15-9-11-16(12-10-15)17-6-4-5-7-18(17)21-23-26-27-24-21/h2,4-7,9-12,14H,1,3,8,13H2,(H,23,24,26,27). The van der Waals surface area contributed by atoms with Crippen LogP contribution < -0.4 is 0 Å². The third kappa shape index (κ3) is 4.17. The number of rotatable bonds is 8. The molecule has 0 aliphatic carbocycles. The summed E-state index contributed by atoms with van der Waals surface area (Å²) in [5.41, 5.74) is 4.20. The first-order valence-corrected chi connectivity index (χ1v) is 9.67. The molecule has 0 atom stereocenters. The molecule has 4 rings (SSSR count). The third-order valence-corrected chi connectivity index (χ3v) is 4.76. The fourth-order valence-electron chi connectivity index (χ4n) is 3.15. The van der Waals surface area contributed by atoms with Gasteiger partial charge >= 0.3 is 0 Å². The Balaban J connectivity index is 1.59. The quantitative estimate of drug-likeness (QED) is 0.358. The lowest BCUT2D eigenvalue weighted by Gasteiger charge is -2.09. The summed E-state index contributed by atoms with van der Waals surface area (Å²) >= 11 is 4.99. The monoisotopic (exact) mass is 401 g/mol. The van der Waals surface area contributed by atoms with Crippen molar-refractivity contribution in [3.63, 3.8) is 0 Å². The van der Waals surface area contributed by atoms with E-state index in [2.05, 4.69) is 67.6 Å². The number of nitrogens with one attached hydrogen (secondary N) is 1. The highest BCUT2D eigenvalue weighted by Gasteiger charge is 2.12. The molecule has 0 saturated carbocycles. The Morgan fingerprint density at radius 3 is 2.55 bits per heavy atom. The normalized spacial score (nSPS) is 10.8. The van der Waals surface area contributed by atoms with Gasteiger partial charge in [0.25, 0.3) is 0 Å². The second kappa shape index (κ2) is 8.66. The number of tetrazole rings is 1. The fourth-order valence-corrected chi connectivity index (χ4v) is 3.25. The van der Waals surface area contributed by atoms with Crippen LogP contribution in [0.25, 0.3) is 22.5 Å². The summed E-state index contributed by atoms with van der Waals surface area (Å²) in [7, 11) is 0. The Kier molecular flexibility index (Phi) is 5.62. The van der Waals surface area contributed by atoms with Crippen LogP contribution in [-0.4, -0.2) is 40.8 Å². The molecule has 0 unspecified atom stereocenters. The van der Waals surface area contributed by atoms with E-state index in [1.54, 1.807) is 0 Å².